The van der Waals surface area contributed by atoms with Crippen LogP contribution in [0.25, 0.3) is 0 Å². The van der Waals surface area contributed by atoms with Crippen LogP contribution in [0.15, 0.2) is 23.0 Å². The number of carbonyl (C=O) groups excluding carboxylic acids is 1. The lowest BCUT2D eigenvalue weighted by Crippen LogP contribution is -2.18. The van der Waals surface area contributed by atoms with Crippen molar-refractivity contribution in [2.75, 3.05) is 25.3 Å². The molecule has 2 N–H and O–H groups in total. The molecule has 1 aromatic heterocycles. The van der Waals surface area contributed by atoms with Gasteiger partial charge in [-0.1, -0.05) is 19.4 Å². The van der Waals surface area contributed by atoms with Crippen molar-refractivity contribution in [3.05, 3.63) is 39.7 Å². The number of carbonyl (C=O) groups is 1. The Morgan fingerprint density at radius 1 is 1.26 bits per heavy atom. The number of aromatic amines is 1. The summed E-state index contributed by atoms with van der Waals surface area (Å²) >= 11 is 1.43. The largest absolute Gasteiger partial charge is 0.493 e. The van der Waals surface area contributed by atoms with Crippen molar-refractivity contribution in [3.8, 4) is 11.5 Å². The minimum atomic E-state index is -0.280. The number of fused-ring (bicyclic) bond motifs is 1. The van der Waals surface area contributed by atoms with Crippen LogP contribution in [0.4, 0.5) is 5.82 Å². The Balaban J connectivity index is 2.12. The van der Waals surface area contributed by atoms with E-state index in [1.807, 2.05) is 25.1 Å². The number of nitrogens with one attached hydrogen (secondary N) is 2. The molecule has 27 heavy (non-hydrogen) atoms. The fraction of sp³-hybridized carbons (Fsp3) is 0.474. The molecule has 2 heterocycles. The molecule has 2 aromatic rings. The monoisotopic (exact) mass is 391 g/mol. The number of aromatic nitrogens is 2. The molecule has 146 valence electrons. The Kier molecular flexibility index (Phi) is 5.84. The van der Waals surface area contributed by atoms with Crippen LogP contribution in [0.5, 0.6) is 11.5 Å². The lowest BCUT2D eigenvalue weighted by Gasteiger charge is -2.18. The second-order valence-corrected chi connectivity index (χ2v) is 7.66. The Morgan fingerprint density at radius 2 is 2.00 bits per heavy atom. The second kappa shape index (κ2) is 8.12. The third kappa shape index (κ3) is 3.71. The third-order valence-corrected chi connectivity index (χ3v) is 5.99. The van der Waals surface area contributed by atoms with E-state index in [4.69, 9.17) is 9.47 Å². The zero-order valence-corrected chi connectivity index (χ0v) is 16.8. The van der Waals surface area contributed by atoms with Gasteiger partial charge in [0.05, 0.1) is 30.8 Å². The highest BCUT2D eigenvalue weighted by molar-refractivity contribution is 8.00. The molecule has 3 rings (SSSR count). The van der Waals surface area contributed by atoms with E-state index < -0.39 is 0 Å². The van der Waals surface area contributed by atoms with Crippen LogP contribution < -0.4 is 20.3 Å². The predicted molar refractivity (Wildman–Crippen MR) is 107 cm³/mol. The van der Waals surface area contributed by atoms with E-state index in [2.05, 4.69) is 17.3 Å². The lowest BCUT2D eigenvalue weighted by atomic mass is 10.1. The number of amides is 1. The van der Waals surface area contributed by atoms with E-state index in [0.29, 0.717) is 22.9 Å². The Labute approximate surface area is 162 Å². The highest BCUT2D eigenvalue weighted by atomic mass is 32.2. The molecule has 2 atom stereocenters. The van der Waals surface area contributed by atoms with Gasteiger partial charge in [-0.25, -0.2) is 0 Å². The number of anilines is 1. The van der Waals surface area contributed by atoms with Crippen LogP contribution in [-0.2, 0) is 4.79 Å². The summed E-state index contributed by atoms with van der Waals surface area (Å²) in [5.41, 5.74) is 1.28. The van der Waals surface area contributed by atoms with Crippen molar-refractivity contribution in [3.63, 3.8) is 0 Å². The molecule has 7 nitrogen and oxygen atoms in total. The standard InChI is InChI=1S/C19H25N3O4S/c1-5-6-11(2)22-18-16(19(24)21-22)17(27-10-15(23)20-18)12-7-8-13(25-3)14(9-12)26-4/h7-9,11,17H,5-6,10H2,1-4H3,(H,20,23)(H,21,24)/t11-,17-/m1/s1. The van der Waals surface area contributed by atoms with Crippen LogP contribution in [-0.4, -0.2) is 35.7 Å². The highest BCUT2D eigenvalue weighted by Crippen LogP contribution is 2.42. The zero-order valence-electron chi connectivity index (χ0n) is 16.0. The van der Waals surface area contributed by atoms with E-state index in [1.165, 1.54) is 11.8 Å². The normalized spacial score (nSPS) is 17.6. The minimum absolute atomic E-state index is 0.0842. The van der Waals surface area contributed by atoms with Gasteiger partial charge in [0.1, 0.15) is 5.82 Å². The van der Waals surface area contributed by atoms with Gasteiger partial charge in [-0.3, -0.25) is 19.4 Å². The van der Waals surface area contributed by atoms with Gasteiger partial charge in [0, 0.05) is 6.04 Å². The van der Waals surface area contributed by atoms with Crippen LogP contribution in [0.2, 0.25) is 0 Å². The highest BCUT2D eigenvalue weighted by Gasteiger charge is 2.31. The summed E-state index contributed by atoms with van der Waals surface area (Å²) < 4.78 is 12.5. The van der Waals surface area contributed by atoms with E-state index >= 15 is 0 Å². The van der Waals surface area contributed by atoms with E-state index in [0.717, 1.165) is 18.4 Å². The van der Waals surface area contributed by atoms with Crippen molar-refractivity contribution in [1.82, 2.24) is 9.78 Å². The SMILES string of the molecule is CCC[C@@H](C)n1[nH]c(=O)c2c1NC(=O)CS[C@@H]2c1ccc(OC)c(OC)c1. The molecule has 0 radical (unpaired) electrons. The Hall–Kier alpha value is -2.35. The number of rotatable bonds is 6. The maximum atomic E-state index is 12.8. The van der Waals surface area contributed by atoms with Crippen molar-refractivity contribution < 1.29 is 14.3 Å². The Morgan fingerprint density at radius 3 is 2.67 bits per heavy atom. The Bertz CT molecular complexity index is 890. The molecule has 0 unspecified atom stereocenters. The first-order valence-corrected chi connectivity index (χ1v) is 10.0. The third-order valence-electron chi connectivity index (χ3n) is 4.72. The number of H-pyrrole nitrogens is 1. The first kappa shape index (κ1) is 19.4. The van der Waals surface area contributed by atoms with Crippen molar-refractivity contribution in [2.45, 2.75) is 38.0 Å². The lowest BCUT2D eigenvalue weighted by molar-refractivity contribution is -0.113. The van der Waals surface area contributed by atoms with Crippen molar-refractivity contribution >= 4 is 23.5 Å². The number of ether oxygens (including phenoxy) is 2. The number of nitrogens with zero attached hydrogens (tertiary/aromatic N) is 1. The average molecular weight is 391 g/mol. The summed E-state index contributed by atoms with van der Waals surface area (Å²) in [5.74, 6) is 1.94. The molecule has 0 aliphatic carbocycles. The molecule has 8 heteroatoms. The summed E-state index contributed by atoms with van der Waals surface area (Å²) in [6.07, 6.45) is 1.89. The van der Waals surface area contributed by atoms with E-state index in [9.17, 15) is 9.59 Å². The van der Waals surface area contributed by atoms with Crippen LogP contribution >= 0.6 is 11.8 Å². The number of methoxy groups -OCH3 is 2. The fourth-order valence-corrected chi connectivity index (χ4v) is 4.51. The summed E-state index contributed by atoms with van der Waals surface area (Å²) in [4.78, 5) is 25.1. The summed E-state index contributed by atoms with van der Waals surface area (Å²) in [6, 6.07) is 5.67. The van der Waals surface area contributed by atoms with E-state index in [-0.39, 0.29) is 28.5 Å². The molecule has 0 spiro atoms. The molecule has 0 fully saturated rings. The van der Waals surface area contributed by atoms with Crippen molar-refractivity contribution in [2.24, 2.45) is 0 Å². The molecule has 1 amide bonds. The van der Waals surface area contributed by atoms with Gasteiger partial charge in [0.15, 0.2) is 11.5 Å². The van der Waals surface area contributed by atoms with Gasteiger partial charge in [-0.05, 0) is 31.0 Å². The number of thioether (sulfide) groups is 1. The predicted octanol–water partition coefficient (Wildman–Crippen LogP) is 3.33. The zero-order chi connectivity index (χ0) is 19.6. The van der Waals surface area contributed by atoms with Crippen molar-refractivity contribution in [1.29, 1.82) is 0 Å². The quantitative estimate of drug-likeness (QED) is 0.789. The summed E-state index contributed by atoms with van der Waals surface area (Å²) in [5, 5.41) is 5.55. The minimum Gasteiger partial charge on any atom is -0.493 e. The molecular formula is C19H25N3O4S. The van der Waals surface area contributed by atoms with Gasteiger partial charge >= 0.3 is 0 Å². The summed E-state index contributed by atoms with van der Waals surface area (Å²) in [7, 11) is 3.16. The number of benzene rings is 1. The topological polar surface area (TPSA) is 85.4 Å². The van der Waals surface area contributed by atoms with Gasteiger partial charge in [-0.15, -0.1) is 11.8 Å². The molecule has 0 saturated heterocycles. The smallest absolute Gasteiger partial charge is 0.270 e. The molecule has 0 saturated carbocycles. The maximum Gasteiger partial charge on any atom is 0.270 e. The molecular weight excluding hydrogens is 366 g/mol. The second-order valence-electron chi connectivity index (χ2n) is 6.56. The number of hydrogen-bond donors (Lipinski definition) is 2. The molecule has 0 bridgehead atoms. The first-order valence-electron chi connectivity index (χ1n) is 8.97. The molecule has 1 aromatic carbocycles. The van der Waals surface area contributed by atoms with E-state index in [1.54, 1.807) is 18.9 Å². The van der Waals surface area contributed by atoms with Crippen LogP contribution in [0.3, 0.4) is 0 Å². The number of hydrogen-bond acceptors (Lipinski definition) is 5. The summed E-state index contributed by atoms with van der Waals surface area (Å²) in [6.45, 7) is 4.13. The molecule has 1 aliphatic rings. The fourth-order valence-electron chi connectivity index (χ4n) is 3.40. The van der Waals surface area contributed by atoms with Gasteiger partial charge in [-0.2, -0.15) is 0 Å². The van der Waals surface area contributed by atoms with Crippen LogP contribution in [0, 0.1) is 0 Å². The van der Waals surface area contributed by atoms with Gasteiger partial charge in [0.25, 0.3) is 5.56 Å². The maximum absolute atomic E-state index is 12.8. The van der Waals surface area contributed by atoms with Gasteiger partial charge in [0.2, 0.25) is 5.91 Å². The van der Waals surface area contributed by atoms with Crippen LogP contribution in [0.1, 0.15) is 49.1 Å². The average Bonchev–Trinajstić information content (AvgIpc) is 2.87. The molecule has 1 aliphatic heterocycles. The first-order chi connectivity index (χ1) is 13.0. The van der Waals surface area contributed by atoms with Gasteiger partial charge < -0.3 is 14.8 Å².